The molecule has 1 aliphatic heterocycles. The number of piperidine rings is 1. The predicted octanol–water partition coefficient (Wildman–Crippen LogP) is 2.59. The van der Waals surface area contributed by atoms with Crippen molar-refractivity contribution in [3.8, 4) is 11.8 Å². The van der Waals surface area contributed by atoms with E-state index in [2.05, 4.69) is 38.5 Å². The Morgan fingerprint density at radius 1 is 1.26 bits per heavy atom. The molecule has 3 aromatic rings. The molecule has 1 aliphatic rings. The number of nitrogens with zero attached hydrogens (tertiary/aromatic N) is 7. The Balaban J connectivity index is 1.58. The van der Waals surface area contributed by atoms with Gasteiger partial charge in [0.15, 0.2) is 5.69 Å². The smallest absolute Gasteiger partial charge is 0.275 e. The highest BCUT2D eigenvalue weighted by atomic mass is 16.2. The van der Waals surface area contributed by atoms with Gasteiger partial charge < -0.3 is 10.2 Å². The highest BCUT2D eigenvalue weighted by Gasteiger charge is 2.34. The molecule has 0 spiro atoms. The van der Waals surface area contributed by atoms with E-state index in [9.17, 15) is 4.79 Å². The molecule has 1 saturated heterocycles. The highest BCUT2D eigenvalue weighted by molar-refractivity contribution is 5.96. The topological polar surface area (TPSA) is 113 Å². The summed E-state index contributed by atoms with van der Waals surface area (Å²) in [6.07, 6.45) is 6.68. The SMILES string of the molecule is Cc1ccc(-n2nccn2)c(C(=O)N2CCCC(C)[C@H]2CNc2ccc(C#N)cn2)n1. The maximum atomic E-state index is 13.6. The van der Waals surface area contributed by atoms with Gasteiger partial charge in [0, 0.05) is 25.0 Å². The second kappa shape index (κ2) is 8.92. The van der Waals surface area contributed by atoms with Gasteiger partial charge in [-0.25, -0.2) is 9.97 Å². The first-order valence-corrected chi connectivity index (χ1v) is 10.3. The van der Waals surface area contributed by atoms with Gasteiger partial charge in [0.1, 0.15) is 17.6 Å². The van der Waals surface area contributed by atoms with E-state index in [0.29, 0.717) is 41.8 Å². The number of nitriles is 1. The molecule has 0 aromatic carbocycles. The Morgan fingerprint density at radius 3 is 2.77 bits per heavy atom. The third kappa shape index (κ3) is 4.38. The van der Waals surface area contributed by atoms with Gasteiger partial charge in [-0.1, -0.05) is 6.92 Å². The summed E-state index contributed by atoms with van der Waals surface area (Å²) in [4.78, 5) is 25.8. The van der Waals surface area contributed by atoms with Gasteiger partial charge in [-0.3, -0.25) is 4.79 Å². The minimum absolute atomic E-state index is 0.0144. The number of carbonyl (C=O) groups excluding carboxylic acids is 1. The molecule has 1 fully saturated rings. The largest absolute Gasteiger partial charge is 0.368 e. The number of pyridine rings is 2. The molecule has 158 valence electrons. The minimum atomic E-state index is -0.123. The van der Waals surface area contributed by atoms with Gasteiger partial charge in [0.2, 0.25) is 0 Å². The number of hydrogen-bond donors (Lipinski definition) is 1. The van der Waals surface area contributed by atoms with Gasteiger partial charge in [0.05, 0.1) is 24.0 Å². The molecule has 0 saturated carbocycles. The molecular formula is C22H24N8O. The minimum Gasteiger partial charge on any atom is -0.368 e. The fourth-order valence-corrected chi connectivity index (χ4v) is 3.93. The highest BCUT2D eigenvalue weighted by Crippen LogP contribution is 2.26. The molecule has 0 radical (unpaired) electrons. The molecule has 2 atom stereocenters. The van der Waals surface area contributed by atoms with Gasteiger partial charge in [-0.15, -0.1) is 4.80 Å². The first-order chi connectivity index (χ1) is 15.1. The van der Waals surface area contributed by atoms with E-state index in [1.807, 2.05) is 24.0 Å². The fraction of sp³-hybridized carbons (Fsp3) is 0.364. The first kappa shape index (κ1) is 20.5. The zero-order chi connectivity index (χ0) is 21.8. The fourth-order valence-electron chi connectivity index (χ4n) is 3.93. The van der Waals surface area contributed by atoms with Crippen LogP contribution in [-0.2, 0) is 0 Å². The Bertz CT molecular complexity index is 1090. The average molecular weight is 416 g/mol. The van der Waals surface area contributed by atoms with Crippen LogP contribution in [0.2, 0.25) is 0 Å². The lowest BCUT2D eigenvalue weighted by atomic mass is 9.90. The zero-order valence-electron chi connectivity index (χ0n) is 17.6. The van der Waals surface area contributed by atoms with Crippen molar-refractivity contribution in [2.45, 2.75) is 32.7 Å². The number of aromatic nitrogens is 5. The molecule has 3 aromatic heterocycles. The zero-order valence-corrected chi connectivity index (χ0v) is 17.6. The number of nitrogens with one attached hydrogen (secondary N) is 1. The Morgan fingerprint density at radius 2 is 2.06 bits per heavy atom. The van der Waals surface area contributed by atoms with E-state index in [-0.39, 0.29) is 11.9 Å². The predicted molar refractivity (Wildman–Crippen MR) is 115 cm³/mol. The number of likely N-dealkylation sites (tertiary alicyclic amines) is 1. The summed E-state index contributed by atoms with van der Waals surface area (Å²) in [5, 5.41) is 20.6. The van der Waals surface area contributed by atoms with Crippen LogP contribution in [-0.4, -0.2) is 54.9 Å². The molecular weight excluding hydrogens is 392 g/mol. The third-order valence-electron chi connectivity index (χ3n) is 5.61. The normalized spacial score (nSPS) is 18.4. The maximum Gasteiger partial charge on any atom is 0.275 e. The second-order valence-corrected chi connectivity index (χ2v) is 7.75. The molecule has 9 nitrogen and oxygen atoms in total. The molecule has 0 aliphatic carbocycles. The summed E-state index contributed by atoms with van der Waals surface area (Å²) in [6, 6.07) is 9.24. The van der Waals surface area contributed by atoms with Crippen LogP contribution in [0.15, 0.2) is 42.9 Å². The van der Waals surface area contributed by atoms with Crippen molar-refractivity contribution in [2.75, 3.05) is 18.4 Å². The Kier molecular flexibility index (Phi) is 5.89. The van der Waals surface area contributed by atoms with Crippen molar-refractivity contribution in [2.24, 2.45) is 5.92 Å². The standard InChI is InChI=1S/C22H24N8O/c1-15-4-3-11-29(19(15)14-25-20-8-6-17(12-23)13-24-20)22(31)21-18(7-5-16(2)28-21)30-26-9-10-27-30/h5-10,13,15,19H,3-4,11,14H2,1-2H3,(H,24,25)/t15?,19-/m1/s1. The van der Waals surface area contributed by atoms with E-state index in [1.165, 1.54) is 11.0 Å². The van der Waals surface area contributed by atoms with E-state index in [0.717, 1.165) is 18.5 Å². The number of hydrogen-bond acceptors (Lipinski definition) is 7. The number of carbonyl (C=O) groups is 1. The summed E-state index contributed by atoms with van der Waals surface area (Å²) in [6.45, 7) is 5.26. The van der Waals surface area contributed by atoms with Crippen LogP contribution < -0.4 is 5.32 Å². The van der Waals surface area contributed by atoms with Crippen molar-refractivity contribution in [1.82, 2.24) is 29.9 Å². The van der Waals surface area contributed by atoms with E-state index < -0.39 is 0 Å². The number of rotatable bonds is 5. The van der Waals surface area contributed by atoms with Crippen molar-refractivity contribution < 1.29 is 4.79 Å². The lowest BCUT2D eigenvalue weighted by molar-refractivity contribution is 0.0533. The number of aryl methyl sites for hydroxylation is 1. The summed E-state index contributed by atoms with van der Waals surface area (Å²) >= 11 is 0. The summed E-state index contributed by atoms with van der Waals surface area (Å²) < 4.78 is 0. The molecule has 31 heavy (non-hydrogen) atoms. The van der Waals surface area contributed by atoms with Crippen LogP contribution in [0.5, 0.6) is 0 Å². The molecule has 0 bridgehead atoms. The van der Waals surface area contributed by atoms with Crippen molar-refractivity contribution in [3.63, 3.8) is 0 Å². The average Bonchev–Trinajstić information content (AvgIpc) is 3.32. The third-order valence-corrected chi connectivity index (χ3v) is 5.61. The number of anilines is 1. The lowest BCUT2D eigenvalue weighted by Crippen LogP contribution is -2.51. The lowest BCUT2D eigenvalue weighted by Gasteiger charge is -2.40. The van der Waals surface area contributed by atoms with Gasteiger partial charge in [0.25, 0.3) is 5.91 Å². The molecule has 9 heteroatoms. The van der Waals surface area contributed by atoms with E-state index >= 15 is 0 Å². The summed E-state index contributed by atoms with van der Waals surface area (Å²) in [5.41, 5.74) is 2.20. The quantitative estimate of drug-likeness (QED) is 0.680. The second-order valence-electron chi connectivity index (χ2n) is 7.75. The van der Waals surface area contributed by atoms with Crippen LogP contribution in [0.3, 0.4) is 0 Å². The molecule has 1 amide bonds. The van der Waals surface area contributed by atoms with Gasteiger partial charge >= 0.3 is 0 Å². The first-order valence-electron chi connectivity index (χ1n) is 10.3. The summed E-state index contributed by atoms with van der Waals surface area (Å²) in [7, 11) is 0. The van der Waals surface area contributed by atoms with Crippen LogP contribution in [0.1, 0.15) is 41.5 Å². The van der Waals surface area contributed by atoms with Gasteiger partial charge in [-0.05, 0) is 49.9 Å². The monoisotopic (exact) mass is 416 g/mol. The van der Waals surface area contributed by atoms with Crippen LogP contribution in [0.4, 0.5) is 5.82 Å². The maximum absolute atomic E-state index is 13.6. The van der Waals surface area contributed by atoms with Crippen LogP contribution in [0.25, 0.3) is 5.69 Å². The Hall–Kier alpha value is -3.80. The Labute approximate surface area is 180 Å². The molecule has 1 unspecified atom stereocenters. The van der Waals surface area contributed by atoms with Crippen LogP contribution >= 0.6 is 0 Å². The van der Waals surface area contributed by atoms with Crippen molar-refractivity contribution in [1.29, 1.82) is 5.26 Å². The molecule has 4 heterocycles. The van der Waals surface area contributed by atoms with Gasteiger partial charge in [-0.2, -0.15) is 15.5 Å². The molecule has 1 N–H and O–H groups in total. The van der Waals surface area contributed by atoms with E-state index in [1.54, 1.807) is 24.5 Å². The van der Waals surface area contributed by atoms with Crippen molar-refractivity contribution in [3.05, 3.63) is 59.8 Å². The summed E-state index contributed by atoms with van der Waals surface area (Å²) in [5.74, 6) is 0.876. The van der Waals surface area contributed by atoms with Crippen LogP contribution in [0, 0.1) is 24.2 Å². The number of amides is 1. The van der Waals surface area contributed by atoms with Crippen molar-refractivity contribution >= 4 is 11.7 Å². The molecule has 4 rings (SSSR count). The van der Waals surface area contributed by atoms with E-state index in [4.69, 9.17) is 5.26 Å².